The van der Waals surface area contributed by atoms with Gasteiger partial charge in [0.05, 0.1) is 7.11 Å². The van der Waals surface area contributed by atoms with E-state index in [2.05, 4.69) is 11.8 Å². The van der Waals surface area contributed by atoms with Crippen LogP contribution >= 0.6 is 0 Å². The highest BCUT2D eigenvalue weighted by Crippen LogP contribution is 2.31. The van der Waals surface area contributed by atoms with Crippen molar-refractivity contribution in [3.05, 3.63) is 77.1 Å². The lowest BCUT2D eigenvalue weighted by atomic mass is 9.83. The molecule has 2 aromatic carbocycles. The van der Waals surface area contributed by atoms with Crippen molar-refractivity contribution in [1.29, 1.82) is 0 Å². The van der Waals surface area contributed by atoms with Gasteiger partial charge < -0.3 is 4.74 Å². The van der Waals surface area contributed by atoms with Crippen LogP contribution in [0.25, 0.3) is 0 Å². The van der Waals surface area contributed by atoms with Crippen molar-refractivity contribution in [2.24, 2.45) is 0 Å². The van der Waals surface area contributed by atoms with E-state index in [9.17, 15) is 9.18 Å². The highest BCUT2D eigenvalue weighted by atomic mass is 19.1. The first-order valence-electron chi connectivity index (χ1n) is 7.79. The number of carbonyl (C=O) groups excluding carboxylic acids is 1. The molecule has 0 spiro atoms. The minimum atomic E-state index is -0.269. The minimum absolute atomic E-state index is 0.0534. The fourth-order valence-corrected chi connectivity index (χ4v) is 2.80. The van der Waals surface area contributed by atoms with Crippen molar-refractivity contribution in [2.75, 3.05) is 7.11 Å². The van der Waals surface area contributed by atoms with E-state index in [0.717, 1.165) is 22.4 Å². The third kappa shape index (κ3) is 3.91. The molecule has 3 heteroatoms. The van der Waals surface area contributed by atoms with Gasteiger partial charge in [0.1, 0.15) is 11.6 Å². The monoisotopic (exact) mass is 320 g/mol. The van der Waals surface area contributed by atoms with Gasteiger partial charge in [0.2, 0.25) is 0 Å². The van der Waals surface area contributed by atoms with Gasteiger partial charge in [0.25, 0.3) is 0 Å². The van der Waals surface area contributed by atoms with Crippen LogP contribution in [0.4, 0.5) is 4.39 Å². The van der Waals surface area contributed by atoms with E-state index >= 15 is 0 Å². The number of ether oxygens (including phenoxy) is 1. The van der Waals surface area contributed by atoms with Gasteiger partial charge in [-0.15, -0.1) is 0 Å². The molecule has 1 atom stereocenters. The predicted octanol–water partition coefficient (Wildman–Crippen LogP) is 4.26. The molecule has 0 N–H and O–H groups in total. The number of allylic oxidation sites excluding steroid dienone is 2. The quantitative estimate of drug-likeness (QED) is 0.773. The summed E-state index contributed by atoms with van der Waals surface area (Å²) in [5.41, 5.74) is 2.62. The van der Waals surface area contributed by atoms with Gasteiger partial charge in [-0.05, 0) is 54.3 Å². The Kier molecular flexibility index (Phi) is 4.77. The van der Waals surface area contributed by atoms with Gasteiger partial charge in [-0.3, -0.25) is 4.79 Å². The lowest BCUT2D eigenvalue weighted by Crippen LogP contribution is -2.12. The van der Waals surface area contributed by atoms with Crippen LogP contribution in [0.3, 0.4) is 0 Å². The number of hydrogen-bond donors (Lipinski definition) is 0. The van der Waals surface area contributed by atoms with Gasteiger partial charge in [-0.1, -0.05) is 30.0 Å². The molecule has 0 aromatic heterocycles. The zero-order valence-corrected chi connectivity index (χ0v) is 13.4. The van der Waals surface area contributed by atoms with E-state index in [0.29, 0.717) is 12.8 Å². The molecule has 3 rings (SSSR count). The molecule has 0 aliphatic heterocycles. The molecular formula is C21H17FO2. The topological polar surface area (TPSA) is 26.3 Å². The first-order valence-corrected chi connectivity index (χ1v) is 7.79. The first kappa shape index (κ1) is 16.0. The van der Waals surface area contributed by atoms with Crippen LogP contribution in [0, 0.1) is 17.7 Å². The summed E-state index contributed by atoms with van der Waals surface area (Å²) < 4.78 is 18.2. The number of ketones is 1. The second kappa shape index (κ2) is 7.14. The summed E-state index contributed by atoms with van der Waals surface area (Å²) in [4.78, 5) is 12.0. The van der Waals surface area contributed by atoms with Crippen LogP contribution in [0.15, 0.2) is 60.2 Å². The predicted molar refractivity (Wildman–Crippen MR) is 91.3 cm³/mol. The maximum absolute atomic E-state index is 13.1. The summed E-state index contributed by atoms with van der Waals surface area (Å²) in [6.07, 6.45) is 2.75. The molecule has 0 radical (unpaired) electrons. The number of carbonyl (C=O) groups is 1. The Balaban J connectivity index is 1.80. The average Bonchev–Trinajstić information content (AvgIpc) is 2.60. The van der Waals surface area contributed by atoms with Crippen LogP contribution in [0.5, 0.6) is 5.75 Å². The van der Waals surface area contributed by atoms with E-state index < -0.39 is 0 Å². The molecule has 1 aliphatic carbocycles. The second-order valence-electron chi connectivity index (χ2n) is 5.77. The Labute approximate surface area is 141 Å². The molecule has 0 saturated carbocycles. The average molecular weight is 320 g/mol. The summed E-state index contributed by atoms with van der Waals surface area (Å²) in [5.74, 6) is 6.77. The molecule has 0 fully saturated rings. The van der Waals surface area contributed by atoms with Crippen molar-refractivity contribution < 1.29 is 13.9 Å². The standard InChI is InChI=1S/C21H17FO2/c1-24-21-4-2-3-15(13-21)5-6-16-11-18(14-20(23)12-16)17-7-9-19(22)10-8-17/h2-4,7-10,12-13,18H,11,14H2,1H3/t18-/m1/s1. The Morgan fingerprint density at radius 1 is 1.08 bits per heavy atom. The molecule has 0 amide bonds. The van der Waals surface area contributed by atoms with Crippen LogP contribution < -0.4 is 4.74 Å². The van der Waals surface area contributed by atoms with E-state index in [1.54, 1.807) is 25.3 Å². The van der Waals surface area contributed by atoms with Gasteiger partial charge in [0.15, 0.2) is 5.78 Å². The summed E-state index contributed by atoms with van der Waals surface area (Å²) in [6, 6.07) is 13.8. The number of methoxy groups -OCH3 is 1. The maximum Gasteiger partial charge on any atom is 0.157 e. The number of benzene rings is 2. The van der Waals surface area contributed by atoms with Crippen molar-refractivity contribution in [3.8, 4) is 17.6 Å². The first-order chi connectivity index (χ1) is 11.6. The lowest BCUT2D eigenvalue weighted by Gasteiger charge is -2.20. The van der Waals surface area contributed by atoms with Crippen LogP contribution in [0.1, 0.15) is 29.9 Å². The SMILES string of the molecule is COc1cccc(C#CC2=CC(=O)C[C@H](c3ccc(F)cc3)C2)c1. The lowest BCUT2D eigenvalue weighted by molar-refractivity contribution is -0.115. The summed E-state index contributed by atoms with van der Waals surface area (Å²) in [6.45, 7) is 0. The zero-order valence-electron chi connectivity index (χ0n) is 13.4. The second-order valence-corrected chi connectivity index (χ2v) is 5.77. The Morgan fingerprint density at radius 2 is 1.88 bits per heavy atom. The highest BCUT2D eigenvalue weighted by molar-refractivity contribution is 5.93. The van der Waals surface area contributed by atoms with Crippen molar-refractivity contribution in [3.63, 3.8) is 0 Å². The van der Waals surface area contributed by atoms with Gasteiger partial charge in [0, 0.05) is 17.6 Å². The molecule has 24 heavy (non-hydrogen) atoms. The van der Waals surface area contributed by atoms with Crippen molar-refractivity contribution >= 4 is 5.78 Å². The number of hydrogen-bond acceptors (Lipinski definition) is 2. The maximum atomic E-state index is 13.1. The van der Waals surface area contributed by atoms with E-state index in [4.69, 9.17) is 4.74 Å². The molecule has 0 unspecified atom stereocenters. The van der Waals surface area contributed by atoms with Crippen LogP contribution in [-0.2, 0) is 4.79 Å². The molecule has 2 aromatic rings. The number of rotatable bonds is 2. The van der Waals surface area contributed by atoms with Crippen molar-refractivity contribution in [1.82, 2.24) is 0 Å². The smallest absolute Gasteiger partial charge is 0.157 e. The summed E-state index contributed by atoms with van der Waals surface area (Å²) >= 11 is 0. The summed E-state index contributed by atoms with van der Waals surface area (Å²) in [7, 11) is 1.61. The van der Waals surface area contributed by atoms with E-state index in [-0.39, 0.29) is 17.5 Å². The Hall–Kier alpha value is -2.86. The normalized spacial score (nSPS) is 16.8. The van der Waals surface area contributed by atoms with Gasteiger partial charge in [-0.25, -0.2) is 4.39 Å². The van der Waals surface area contributed by atoms with Gasteiger partial charge >= 0.3 is 0 Å². The zero-order chi connectivity index (χ0) is 16.9. The number of halogens is 1. The highest BCUT2D eigenvalue weighted by Gasteiger charge is 2.21. The minimum Gasteiger partial charge on any atom is -0.497 e. The Morgan fingerprint density at radius 3 is 2.62 bits per heavy atom. The molecule has 1 aliphatic rings. The van der Waals surface area contributed by atoms with E-state index in [1.165, 1.54) is 12.1 Å². The van der Waals surface area contributed by atoms with Gasteiger partial charge in [-0.2, -0.15) is 0 Å². The fourth-order valence-electron chi connectivity index (χ4n) is 2.80. The molecular weight excluding hydrogens is 303 g/mol. The fraction of sp³-hybridized carbons (Fsp3) is 0.190. The molecule has 0 bridgehead atoms. The van der Waals surface area contributed by atoms with Crippen LogP contribution in [-0.4, -0.2) is 12.9 Å². The molecule has 0 saturated heterocycles. The van der Waals surface area contributed by atoms with E-state index in [1.807, 2.05) is 24.3 Å². The molecule has 2 nitrogen and oxygen atoms in total. The third-order valence-electron chi connectivity index (χ3n) is 4.03. The third-order valence-corrected chi connectivity index (χ3v) is 4.03. The largest absolute Gasteiger partial charge is 0.497 e. The van der Waals surface area contributed by atoms with Crippen molar-refractivity contribution in [2.45, 2.75) is 18.8 Å². The molecule has 120 valence electrons. The molecule has 0 heterocycles. The van der Waals surface area contributed by atoms with Crippen LogP contribution in [0.2, 0.25) is 0 Å². The summed E-state index contributed by atoms with van der Waals surface area (Å²) in [5, 5.41) is 0. The Bertz CT molecular complexity index is 838.